The number of allylic oxidation sites excluding steroid dienone is 1. The molecule has 0 saturated heterocycles. The van der Waals surface area contributed by atoms with Gasteiger partial charge in [-0.1, -0.05) is 42.5 Å². The van der Waals surface area contributed by atoms with Crippen LogP contribution in [0.2, 0.25) is 0 Å². The van der Waals surface area contributed by atoms with Crippen LogP contribution in [0.1, 0.15) is 11.1 Å². The molecule has 26 heavy (non-hydrogen) atoms. The van der Waals surface area contributed by atoms with E-state index in [-0.39, 0.29) is 0 Å². The molecule has 2 aromatic carbocycles. The van der Waals surface area contributed by atoms with Crippen molar-refractivity contribution in [2.45, 2.75) is 6.42 Å². The maximum atomic E-state index is 2.36. The molecule has 0 aromatic heterocycles. The molecular formula is C25H17N. The van der Waals surface area contributed by atoms with Crippen molar-refractivity contribution in [3.05, 3.63) is 106 Å². The third kappa shape index (κ3) is 1.91. The van der Waals surface area contributed by atoms with Crippen LogP contribution in [0.4, 0.5) is 0 Å². The molecular weight excluding hydrogens is 314 g/mol. The van der Waals surface area contributed by atoms with E-state index in [9.17, 15) is 0 Å². The Balaban J connectivity index is 1.57. The molecule has 0 amide bonds. The summed E-state index contributed by atoms with van der Waals surface area (Å²) in [6, 6.07) is 23.8. The molecule has 2 aromatic rings. The summed E-state index contributed by atoms with van der Waals surface area (Å²) in [4.78, 5) is 0. The van der Waals surface area contributed by atoms with E-state index in [1.807, 2.05) is 0 Å². The first-order valence-electron chi connectivity index (χ1n) is 9.08. The summed E-state index contributed by atoms with van der Waals surface area (Å²) in [5.41, 5.74) is 9.55. The standard InChI is InChI=1S/C25H17N/c1-2-7-21(8-3-1)26-11-10-18-13-20-14-19-12-17-6-4-5-9-22(17)23(19)15-24(20)25(18)16-26/h1-14,16H,15H2. The van der Waals surface area contributed by atoms with Crippen LogP contribution in [0, 0.1) is 0 Å². The van der Waals surface area contributed by atoms with Crippen molar-refractivity contribution in [1.82, 2.24) is 4.57 Å². The van der Waals surface area contributed by atoms with Crippen LogP contribution >= 0.6 is 0 Å². The van der Waals surface area contributed by atoms with Gasteiger partial charge < -0.3 is 4.57 Å². The Labute approximate surface area is 152 Å². The van der Waals surface area contributed by atoms with Crippen LogP contribution in [0.3, 0.4) is 0 Å². The molecule has 0 bridgehead atoms. The highest BCUT2D eigenvalue weighted by atomic mass is 14.9. The predicted molar refractivity (Wildman–Crippen MR) is 108 cm³/mol. The van der Waals surface area contributed by atoms with Gasteiger partial charge >= 0.3 is 0 Å². The summed E-state index contributed by atoms with van der Waals surface area (Å²) in [5.74, 6) is 0. The van der Waals surface area contributed by atoms with Gasteiger partial charge in [0.1, 0.15) is 0 Å². The zero-order chi connectivity index (χ0) is 17.1. The Morgan fingerprint density at radius 3 is 2.58 bits per heavy atom. The van der Waals surface area contributed by atoms with Crippen molar-refractivity contribution in [1.29, 1.82) is 0 Å². The summed E-state index contributed by atoms with van der Waals surface area (Å²) in [5, 5.41) is 2.74. The molecule has 1 aliphatic heterocycles. The van der Waals surface area contributed by atoms with Gasteiger partial charge in [-0.05, 0) is 81.1 Å². The molecule has 1 heterocycles. The smallest absolute Gasteiger partial charge is 0.0449 e. The van der Waals surface area contributed by atoms with Crippen LogP contribution in [-0.2, 0) is 6.42 Å². The Kier molecular flexibility index (Phi) is 2.72. The molecule has 1 heteroatoms. The van der Waals surface area contributed by atoms with Crippen molar-refractivity contribution in [2.24, 2.45) is 0 Å². The first-order valence-corrected chi connectivity index (χ1v) is 9.08. The molecule has 0 fully saturated rings. The van der Waals surface area contributed by atoms with Crippen molar-refractivity contribution in [3.63, 3.8) is 0 Å². The molecule has 0 spiro atoms. The monoisotopic (exact) mass is 331 g/mol. The maximum Gasteiger partial charge on any atom is 0.0449 e. The summed E-state index contributed by atoms with van der Waals surface area (Å²) >= 11 is 0. The minimum atomic E-state index is 1.01. The van der Waals surface area contributed by atoms with Gasteiger partial charge in [-0.2, -0.15) is 0 Å². The number of rotatable bonds is 1. The van der Waals surface area contributed by atoms with Crippen molar-refractivity contribution < 1.29 is 0 Å². The molecule has 122 valence electrons. The second-order valence-corrected chi connectivity index (χ2v) is 7.12. The van der Waals surface area contributed by atoms with E-state index in [1.165, 1.54) is 49.5 Å². The van der Waals surface area contributed by atoms with Crippen molar-refractivity contribution in [3.8, 4) is 16.8 Å². The van der Waals surface area contributed by atoms with E-state index in [4.69, 9.17) is 0 Å². The Morgan fingerprint density at radius 1 is 0.808 bits per heavy atom. The fourth-order valence-corrected chi connectivity index (χ4v) is 4.36. The van der Waals surface area contributed by atoms with Gasteiger partial charge in [0, 0.05) is 23.6 Å². The van der Waals surface area contributed by atoms with Gasteiger partial charge in [-0.15, -0.1) is 0 Å². The second-order valence-electron chi connectivity index (χ2n) is 7.12. The molecule has 6 rings (SSSR count). The van der Waals surface area contributed by atoms with Crippen LogP contribution < -0.4 is 10.4 Å². The van der Waals surface area contributed by atoms with E-state index in [0.29, 0.717) is 0 Å². The molecule has 3 aliphatic carbocycles. The topological polar surface area (TPSA) is 4.93 Å². The highest BCUT2D eigenvalue weighted by Gasteiger charge is 2.23. The number of hydrogen-bond acceptors (Lipinski definition) is 0. The summed E-state index contributed by atoms with van der Waals surface area (Å²) in [6.07, 6.45) is 10.1. The Morgan fingerprint density at radius 2 is 1.65 bits per heavy atom. The van der Waals surface area contributed by atoms with Gasteiger partial charge in [0.05, 0.1) is 0 Å². The number of para-hydroxylation sites is 1. The average molecular weight is 331 g/mol. The fraction of sp³-hybridized carbons (Fsp3) is 0.0400. The van der Waals surface area contributed by atoms with Gasteiger partial charge in [-0.3, -0.25) is 0 Å². The molecule has 0 atom stereocenters. The Hall–Kier alpha value is -3.32. The third-order valence-corrected chi connectivity index (χ3v) is 5.64. The average Bonchev–Trinajstić information content (AvgIpc) is 3.23. The molecule has 1 nitrogen and oxygen atoms in total. The first-order chi connectivity index (χ1) is 12.9. The number of hydrogen-bond donors (Lipinski definition) is 0. The van der Waals surface area contributed by atoms with E-state index >= 15 is 0 Å². The van der Waals surface area contributed by atoms with Gasteiger partial charge in [-0.25, -0.2) is 0 Å². The summed E-state index contributed by atoms with van der Waals surface area (Å²) in [7, 11) is 0. The highest BCUT2D eigenvalue weighted by Crippen LogP contribution is 2.40. The summed E-state index contributed by atoms with van der Waals surface area (Å²) in [6.45, 7) is 0. The first kappa shape index (κ1) is 13.9. The summed E-state index contributed by atoms with van der Waals surface area (Å²) < 4.78 is 2.22. The highest BCUT2D eigenvalue weighted by molar-refractivity contribution is 5.96. The number of nitrogens with zero attached hydrogens (tertiary/aromatic N) is 1. The normalized spacial score (nSPS) is 14.5. The fourth-order valence-electron chi connectivity index (χ4n) is 4.36. The zero-order valence-electron chi connectivity index (χ0n) is 14.3. The molecule has 0 unspecified atom stereocenters. The lowest BCUT2D eigenvalue weighted by atomic mass is 9.90. The number of pyridine rings is 1. The van der Waals surface area contributed by atoms with Crippen molar-refractivity contribution in [2.75, 3.05) is 0 Å². The van der Waals surface area contributed by atoms with Crippen molar-refractivity contribution >= 4 is 17.7 Å². The van der Waals surface area contributed by atoms with Gasteiger partial charge in [0.25, 0.3) is 0 Å². The quantitative estimate of drug-likeness (QED) is 0.493. The number of benzene rings is 2. The molecule has 0 radical (unpaired) electrons. The van der Waals surface area contributed by atoms with Gasteiger partial charge in [0.15, 0.2) is 0 Å². The lowest BCUT2D eigenvalue weighted by Crippen LogP contribution is -2.22. The zero-order valence-corrected chi connectivity index (χ0v) is 14.3. The third-order valence-electron chi connectivity index (χ3n) is 5.64. The minimum absolute atomic E-state index is 1.01. The van der Waals surface area contributed by atoms with E-state index < -0.39 is 0 Å². The lowest BCUT2D eigenvalue weighted by molar-refractivity contribution is 1.04. The largest absolute Gasteiger partial charge is 0.323 e. The van der Waals surface area contributed by atoms with Gasteiger partial charge in [0.2, 0.25) is 0 Å². The van der Waals surface area contributed by atoms with E-state index in [0.717, 1.165) is 6.42 Å². The van der Waals surface area contributed by atoms with E-state index in [2.05, 4.69) is 95.8 Å². The minimum Gasteiger partial charge on any atom is -0.323 e. The number of aromatic nitrogens is 1. The number of fused-ring (bicyclic) bond motifs is 5. The second kappa shape index (κ2) is 5.09. The van der Waals surface area contributed by atoms with Crippen LogP contribution in [0.15, 0.2) is 84.7 Å². The van der Waals surface area contributed by atoms with Crippen LogP contribution in [-0.4, -0.2) is 4.57 Å². The maximum absolute atomic E-state index is 2.36. The molecule has 0 N–H and O–H groups in total. The van der Waals surface area contributed by atoms with E-state index in [1.54, 1.807) is 0 Å². The van der Waals surface area contributed by atoms with Crippen LogP contribution in [0.25, 0.3) is 34.5 Å². The molecule has 4 aliphatic rings. The van der Waals surface area contributed by atoms with Crippen LogP contribution in [0.5, 0.6) is 0 Å². The lowest BCUT2D eigenvalue weighted by Gasteiger charge is -2.15. The predicted octanol–water partition coefficient (Wildman–Crippen LogP) is 4.17. The Bertz CT molecular complexity index is 1290. The molecule has 0 saturated carbocycles. The SMILES string of the molecule is C1=C2C=c3ccccc3=C2Cc2c1cc1ccn(-c3ccccc3)cc2-1.